The van der Waals surface area contributed by atoms with Crippen LogP contribution in [0, 0.1) is 11.6 Å². The van der Waals surface area contributed by atoms with Crippen LogP contribution in [0.15, 0.2) is 59.5 Å². The van der Waals surface area contributed by atoms with Crippen LogP contribution in [0.1, 0.15) is 34.3 Å². The number of ether oxygens (including phenoxy) is 1. The van der Waals surface area contributed by atoms with Crippen LogP contribution in [-0.2, 0) is 17.8 Å². The second-order valence-corrected chi connectivity index (χ2v) is 7.52. The molecule has 0 bridgehead atoms. The van der Waals surface area contributed by atoms with Gasteiger partial charge in [0.2, 0.25) is 5.91 Å². The number of rotatable bonds is 8. The van der Waals surface area contributed by atoms with Crippen molar-refractivity contribution in [2.24, 2.45) is 0 Å². The molecule has 1 aliphatic heterocycles. The van der Waals surface area contributed by atoms with Gasteiger partial charge in [0.15, 0.2) is 17.4 Å². The lowest BCUT2D eigenvalue weighted by Gasteiger charge is -2.09. The van der Waals surface area contributed by atoms with Crippen LogP contribution in [-0.4, -0.2) is 22.9 Å². The largest absolute Gasteiger partial charge is 0.494 e. The molecule has 0 unspecified atom stereocenters. The van der Waals surface area contributed by atoms with Crippen molar-refractivity contribution in [1.29, 1.82) is 0 Å². The van der Waals surface area contributed by atoms with E-state index in [0.29, 0.717) is 24.2 Å². The minimum absolute atomic E-state index is 0.0229. The molecule has 0 saturated heterocycles. The van der Waals surface area contributed by atoms with Gasteiger partial charge in [-0.2, -0.15) is 0 Å². The summed E-state index contributed by atoms with van der Waals surface area (Å²) in [5, 5.41) is 2.75. The summed E-state index contributed by atoms with van der Waals surface area (Å²) in [7, 11) is 0. The van der Waals surface area contributed by atoms with Crippen molar-refractivity contribution in [2.45, 2.75) is 25.8 Å². The molecule has 0 fully saturated rings. The van der Waals surface area contributed by atoms with Gasteiger partial charge in [0.05, 0.1) is 25.1 Å². The SMILES string of the molecule is O=C1Cc2ccc(OCCCC(=O)c3cccn(Cc4ccc(F)c(F)c4)c3=O)cc2N1. The highest BCUT2D eigenvalue weighted by atomic mass is 19.2. The standard InChI is InChI=1S/C24H20F2N2O4/c25-19-8-5-15(11-20(19)26)14-28-9-1-3-18(24(28)31)22(29)4-2-10-32-17-7-6-16-12-23(30)27-21(16)13-17/h1,3,5-9,11,13H,2,4,10,12,14H2,(H,27,30). The van der Waals surface area contributed by atoms with Crippen LogP contribution in [0.2, 0.25) is 0 Å². The molecular formula is C24H20F2N2O4. The first kappa shape index (κ1) is 21.4. The van der Waals surface area contributed by atoms with Gasteiger partial charge in [0.25, 0.3) is 5.56 Å². The van der Waals surface area contributed by atoms with E-state index in [1.165, 1.54) is 22.9 Å². The number of carbonyl (C=O) groups is 2. The predicted molar refractivity (Wildman–Crippen MR) is 114 cm³/mol. The summed E-state index contributed by atoms with van der Waals surface area (Å²) in [6, 6.07) is 11.8. The Morgan fingerprint density at radius 3 is 2.72 bits per heavy atom. The van der Waals surface area contributed by atoms with E-state index in [0.717, 1.165) is 23.4 Å². The van der Waals surface area contributed by atoms with Gasteiger partial charge in [-0.25, -0.2) is 8.78 Å². The van der Waals surface area contributed by atoms with Gasteiger partial charge in [-0.1, -0.05) is 12.1 Å². The molecule has 3 aromatic rings. The summed E-state index contributed by atoms with van der Waals surface area (Å²) in [6.07, 6.45) is 2.37. The molecule has 0 radical (unpaired) electrons. The molecular weight excluding hydrogens is 418 g/mol. The molecule has 0 spiro atoms. The molecule has 4 rings (SSSR count). The number of Topliss-reactive ketones (excluding diaryl/α,β-unsaturated/α-hetero) is 1. The average Bonchev–Trinajstić information content (AvgIpc) is 3.14. The molecule has 8 heteroatoms. The number of ketones is 1. The fourth-order valence-corrected chi connectivity index (χ4v) is 3.55. The summed E-state index contributed by atoms with van der Waals surface area (Å²) >= 11 is 0. The maximum atomic E-state index is 13.4. The maximum absolute atomic E-state index is 13.4. The van der Waals surface area contributed by atoms with Crippen molar-refractivity contribution >= 4 is 17.4 Å². The number of amides is 1. The highest BCUT2D eigenvalue weighted by Gasteiger charge is 2.18. The molecule has 1 aliphatic rings. The number of benzene rings is 2. The van der Waals surface area contributed by atoms with Crippen molar-refractivity contribution in [3.63, 3.8) is 0 Å². The fraction of sp³-hybridized carbons (Fsp3) is 0.208. The normalized spacial score (nSPS) is 12.4. The lowest BCUT2D eigenvalue weighted by atomic mass is 10.1. The Hall–Kier alpha value is -3.81. The molecule has 2 aromatic carbocycles. The van der Waals surface area contributed by atoms with Gasteiger partial charge in [-0.05, 0) is 47.9 Å². The molecule has 0 atom stereocenters. The zero-order valence-corrected chi connectivity index (χ0v) is 17.1. The highest BCUT2D eigenvalue weighted by molar-refractivity contribution is 5.99. The third-order valence-corrected chi connectivity index (χ3v) is 5.18. The molecule has 0 aliphatic carbocycles. The quantitative estimate of drug-likeness (QED) is 0.430. The molecule has 6 nitrogen and oxygen atoms in total. The molecule has 2 heterocycles. The molecule has 1 amide bonds. The van der Waals surface area contributed by atoms with Crippen molar-refractivity contribution in [1.82, 2.24) is 4.57 Å². The Balaban J connectivity index is 1.34. The predicted octanol–water partition coefficient (Wildman–Crippen LogP) is 3.71. The maximum Gasteiger partial charge on any atom is 0.261 e. The lowest BCUT2D eigenvalue weighted by Crippen LogP contribution is -2.26. The van der Waals surface area contributed by atoms with Gasteiger partial charge < -0.3 is 14.6 Å². The molecule has 1 N–H and O–H groups in total. The zero-order valence-electron chi connectivity index (χ0n) is 17.1. The van der Waals surface area contributed by atoms with E-state index in [1.807, 2.05) is 6.07 Å². The van der Waals surface area contributed by atoms with Crippen LogP contribution >= 0.6 is 0 Å². The number of carbonyl (C=O) groups excluding carboxylic acids is 2. The number of halogens is 2. The third kappa shape index (κ3) is 4.74. The first-order chi connectivity index (χ1) is 15.4. The van der Waals surface area contributed by atoms with Crippen LogP contribution < -0.4 is 15.6 Å². The van der Waals surface area contributed by atoms with Crippen molar-refractivity contribution in [2.75, 3.05) is 11.9 Å². The Kier molecular flexibility index (Phi) is 6.11. The first-order valence-corrected chi connectivity index (χ1v) is 10.1. The molecule has 164 valence electrons. The van der Waals surface area contributed by atoms with E-state index in [-0.39, 0.29) is 36.8 Å². The number of anilines is 1. The van der Waals surface area contributed by atoms with E-state index < -0.39 is 17.2 Å². The van der Waals surface area contributed by atoms with Crippen LogP contribution in [0.3, 0.4) is 0 Å². The second-order valence-electron chi connectivity index (χ2n) is 7.52. The monoisotopic (exact) mass is 438 g/mol. The van der Waals surface area contributed by atoms with E-state index in [1.54, 1.807) is 18.2 Å². The van der Waals surface area contributed by atoms with Gasteiger partial charge in [-0.3, -0.25) is 14.4 Å². The lowest BCUT2D eigenvalue weighted by molar-refractivity contribution is -0.115. The third-order valence-electron chi connectivity index (χ3n) is 5.18. The summed E-state index contributed by atoms with van der Waals surface area (Å²) < 4.78 is 33.5. The van der Waals surface area contributed by atoms with E-state index in [9.17, 15) is 23.2 Å². The van der Waals surface area contributed by atoms with Gasteiger partial charge in [-0.15, -0.1) is 0 Å². The van der Waals surface area contributed by atoms with Crippen molar-refractivity contribution in [3.8, 4) is 5.75 Å². The summed E-state index contributed by atoms with van der Waals surface area (Å²) in [6.45, 7) is 0.295. The van der Waals surface area contributed by atoms with Crippen LogP contribution in [0.5, 0.6) is 5.75 Å². The van der Waals surface area contributed by atoms with E-state index in [2.05, 4.69) is 5.32 Å². The number of nitrogens with zero attached hydrogens (tertiary/aromatic N) is 1. The average molecular weight is 438 g/mol. The molecule has 0 saturated carbocycles. The number of hydrogen-bond acceptors (Lipinski definition) is 4. The van der Waals surface area contributed by atoms with Crippen molar-refractivity contribution in [3.05, 3.63) is 93.4 Å². The summed E-state index contributed by atoms with van der Waals surface area (Å²) in [5.41, 5.74) is 1.61. The number of aromatic nitrogens is 1. The summed E-state index contributed by atoms with van der Waals surface area (Å²) in [5.74, 6) is -1.74. The van der Waals surface area contributed by atoms with Crippen LogP contribution in [0.25, 0.3) is 0 Å². The molecule has 1 aromatic heterocycles. The minimum atomic E-state index is -0.992. The second kappa shape index (κ2) is 9.13. The van der Waals surface area contributed by atoms with Crippen molar-refractivity contribution < 1.29 is 23.1 Å². The van der Waals surface area contributed by atoms with Gasteiger partial charge in [0.1, 0.15) is 5.75 Å². The number of pyridine rings is 1. The van der Waals surface area contributed by atoms with Crippen LogP contribution in [0.4, 0.5) is 14.5 Å². The minimum Gasteiger partial charge on any atom is -0.494 e. The number of fused-ring (bicyclic) bond motifs is 1. The van der Waals surface area contributed by atoms with Gasteiger partial charge >= 0.3 is 0 Å². The smallest absolute Gasteiger partial charge is 0.261 e. The van der Waals surface area contributed by atoms with E-state index >= 15 is 0 Å². The first-order valence-electron chi connectivity index (χ1n) is 10.1. The fourth-order valence-electron chi connectivity index (χ4n) is 3.55. The number of nitrogens with one attached hydrogen (secondary N) is 1. The Labute approximate surface area is 182 Å². The molecule has 32 heavy (non-hydrogen) atoms. The summed E-state index contributed by atoms with van der Waals surface area (Å²) in [4.78, 5) is 36.6. The Morgan fingerprint density at radius 1 is 1.06 bits per heavy atom. The Bertz CT molecular complexity index is 1250. The van der Waals surface area contributed by atoms with Gasteiger partial charge in [0, 0.05) is 24.4 Å². The highest BCUT2D eigenvalue weighted by Crippen LogP contribution is 2.27. The zero-order chi connectivity index (χ0) is 22.7. The number of hydrogen-bond donors (Lipinski definition) is 1. The van der Waals surface area contributed by atoms with E-state index in [4.69, 9.17) is 4.74 Å². The topological polar surface area (TPSA) is 77.4 Å². The Morgan fingerprint density at radius 2 is 1.91 bits per heavy atom.